The SMILES string of the molecule is c1ccc(-c2ccc(-c3ccc(N(c4cccc5c4-c4ccccc4C54c5ccccc5-c5ccccc54)c4ccc(-c5ccc6c(c5)C5(c7ccccc7-6)c6ccccc6-n6c7ccccc7c7cccc5c76)c5ccccc45)cc3)cc2)cc1. The van der Waals surface area contributed by atoms with Crippen LogP contribution in [-0.2, 0) is 10.8 Å². The molecule has 86 heavy (non-hydrogen) atoms. The number of anilines is 3. The first-order chi connectivity index (χ1) is 42.7. The van der Waals surface area contributed by atoms with Gasteiger partial charge in [-0.15, -0.1) is 0 Å². The first-order valence-electron chi connectivity index (χ1n) is 30.1. The third-order valence-corrected chi connectivity index (χ3v) is 19.8. The Balaban J connectivity index is 0.827. The van der Waals surface area contributed by atoms with E-state index in [1.165, 1.54) is 150 Å². The maximum Gasteiger partial charge on any atom is 0.0754 e. The van der Waals surface area contributed by atoms with Crippen LogP contribution in [0.15, 0.2) is 315 Å². The van der Waals surface area contributed by atoms with Crippen LogP contribution in [-0.4, -0.2) is 4.57 Å². The van der Waals surface area contributed by atoms with Gasteiger partial charge in [0, 0.05) is 27.4 Å². The van der Waals surface area contributed by atoms with E-state index in [4.69, 9.17) is 0 Å². The van der Waals surface area contributed by atoms with Crippen LogP contribution in [0, 0.1) is 0 Å². The fraction of sp³-hybridized carbons (Fsp3) is 0.0238. The van der Waals surface area contributed by atoms with Crippen molar-refractivity contribution in [2.24, 2.45) is 0 Å². The summed E-state index contributed by atoms with van der Waals surface area (Å²) in [6.45, 7) is 0. The summed E-state index contributed by atoms with van der Waals surface area (Å²) >= 11 is 0. The van der Waals surface area contributed by atoms with Gasteiger partial charge in [0.05, 0.1) is 38.9 Å². The summed E-state index contributed by atoms with van der Waals surface area (Å²) in [5.74, 6) is 0. The summed E-state index contributed by atoms with van der Waals surface area (Å²) in [5, 5.41) is 4.94. The lowest BCUT2D eigenvalue weighted by atomic mass is 9.65. The van der Waals surface area contributed by atoms with Crippen molar-refractivity contribution < 1.29 is 0 Å². The van der Waals surface area contributed by atoms with E-state index in [1.807, 2.05) is 0 Å². The van der Waals surface area contributed by atoms with Crippen LogP contribution < -0.4 is 4.90 Å². The highest BCUT2D eigenvalue weighted by atomic mass is 15.1. The van der Waals surface area contributed by atoms with Crippen LogP contribution in [0.2, 0.25) is 0 Å². The Bertz CT molecular complexity index is 5310. The van der Waals surface area contributed by atoms with Crippen molar-refractivity contribution in [2.75, 3.05) is 4.90 Å². The molecule has 1 aromatic heterocycles. The Morgan fingerprint density at radius 2 is 0.698 bits per heavy atom. The van der Waals surface area contributed by atoms with E-state index in [1.54, 1.807) is 0 Å². The molecule has 19 rings (SSSR count). The van der Waals surface area contributed by atoms with Gasteiger partial charge in [0.1, 0.15) is 0 Å². The van der Waals surface area contributed by atoms with Gasteiger partial charge in [0.25, 0.3) is 0 Å². The minimum absolute atomic E-state index is 0.492. The van der Waals surface area contributed by atoms with Gasteiger partial charge in [-0.1, -0.05) is 273 Å². The van der Waals surface area contributed by atoms with Crippen LogP contribution in [0.1, 0.15) is 44.5 Å². The van der Waals surface area contributed by atoms with Gasteiger partial charge < -0.3 is 9.47 Å². The lowest BCUT2D eigenvalue weighted by molar-refractivity contribution is 0.749. The largest absolute Gasteiger partial charge is 0.309 e. The standard InChI is InChI=1S/C84H52N2/c1-2-20-53(21-3-1)54-40-42-55(43-41-54)56-44-47-58(48-45-56)85(80-39-19-35-74-81(80)68-28-9-14-33-72(68)83(74)69-30-11-6-23-61(69)62-24-7-12-31-70(62)83)78-51-50-59(60-22-4-5-26-65(60)78)57-46-49-64-63-25-8-13-32-71(63)84(76(64)52-57)73-34-15-17-38-79(73)86-77-37-16-10-27-66(77)67-29-18-36-75(84)82(67)86/h1-52H. The number of rotatable bonds is 6. The van der Waals surface area contributed by atoms with E-state index >= 15 is 0 Å². The molecule has 0 saturated carbocycles. The molecule has 0 radical (unpaired) electrons. The number of aromatic nitrogens is 1. The molecule has 1 atom stereocenters. The molecule has 0 amide bonds. The smallest absolute Gasteiger partial charge is 0.0754 e. The molecule has 14 aromatic carbocycles. The molecule has 398 valence electrons. The maximum atomic E-state index is 2.56. The topological polar surface area (TPSA) is 8.17 Å². The molecule has 0 fully saturated rings. The van der Waals surface area contributed by atoms with Crippen LogP contribution >= 0.6 is 0 Å². The van der Waals surface area contributed by atoms with E-state index in [-0.39, 0.29) is 0 Å². The van der Waals surface area contributed by atoms with Crippen molar-refractivity contribution in [1.29, 1.82) is 0 Å². The second-order valence-electron chi connectivity index (χ2n) is 23.7. The number of benzene rings is 14. The molecule has 1 aliphatic heterocycles. The molecular weight excluding hydrogens is 1040 g/mol. The summed E-state index contributed by atoms with van der Waals surface area (Å²) in [7, 11) is 0. The lowest BCUT2D eigenvalue weighted by Gasteiger charge is -2.39. The van der Waals surface area contributed by atoms with Gasteiger partial charge in [0.15, 0.2) is 0 Å². The lowest BCUT2D eigenvalue weighted by Crippen LogP contribution is -2.33. The predicted octanol–water partition coefficient (Wildman–Crippen LogP) is 21.4. The monoisotopic (exact) mass is 1090 g/mol. The van der Waals surface area contributed by atoms with Crippen LogP contribution in [0.3, 0.4) is 0 Å². The first-order valence-corrected chi connectivity index (χ1v) is 30.1. The summed E-state index contributed by atoms with van der Waals surface area (Å²) in [6.07, 6.45) is 0. The van der Waals surface area contributed by atoms with E-state index < -0.39 is 10.8 Å². The normalized spacial score (nSPS) is 14.9. The molecule has 15 aromatic rings. The second-order valence-corrected chi connectivity index (χ2v) is 23.7. The molecule has 2 heteroatoms. The molecule has 0 bridgehead atoms. The molecule has 0 N–H and O–H groups in total. The molecule has 2 heterocycles. The second kappa shape index (κ2) is 17.7. The molecule has 2 spiro atoms. The fourth-order valence-corrected chi connectivity index (χ4v) is 16.5. The van der Waals surface area contributed by atoms with E-state index in [0.717, 1.165) is 17.1 Å². The number of hydrogen-bond acceptors (Lipinski definition) is 1. The van der Waals surface area contributed by atoms with E-state index in [9.17, 15) is 0 Å². The van der Waals surface area contributed by atoms with Gasteiger partial charge >= 0.3 is 0 Å². The first kappa shape index (κ1) is 47.4. The van der Waals surface area contributed by atoms with Crippen molar-refractivity contribution in [3.05, 3.63) is 360 Å². The van der Waals surface area contributed by atoms with Crippen molar-refractivity contribution in [3.63, 3.8) is 0 Å². The average molecular weight is 1090 g/mol. The third-order valence-electron chi connectivity index (χ3n) is 19.8. The van der Waals surface area contributed by atoms with Crippen LogP contribution in [0.4, 0.5) is 17.1 Å². The van der Waals surface area contributed by atoms with Gasteiger partial charge in [-0.2, -0.15) is 0 Å². The van der Waals surface area contributed by atoms with Gasteiger partial charge in [0.2, 0.25) is 0 Å². The average Bonchev–Trinajstić information content (AvgIpc) is 1.51. The zero-order valence-electron chi connectivity index (χ0n) is 46.9. The summed E-state index contributed by atoms with van der Waals surface area (Å²) < 4.78 is 2.53. The zero-order chi connectivity index (χ0) is 56.2. The fourth-order valence-electron chi connectivity index (χ4n) is 16.5. The molecule has 2 nitrogen and oxygen atoms in total. The summed E-state index contributed by atoms with van der Waals surface area (Å²) in [6, 6.07) is 119. The summed E-state index contributed by atoms with van der Waals surface area (Å²) in [4.78, 5) is 2.56. The minimum Gasteiger partial charge on any atom is -0.309 e. The number of hydrogen-bond donors (Lipinski definition) is 0. The van der Waals surface area contributed by atoms with Gasteiger partial charge in [-0.05, 0) is 154 Å². The van der Waals surface area contributed by atoms with Crippen LogP contribution in [0.5, 0.6) is 0 Å². The highest BCUT2D eigenvalue weighted by Gasteiger charge is 2.53. The Hall–Kier alpha value is -11.1. The molecule has 0 saturated heterocycles. The quantitative estimate of drug-likeness (QED) is 0.161. The molecule has 4 aliphatic rings. The summed E-state index contributed by atoms with van der Waals surface area (Å²) in [5.41, 5.74) is 31.5. The zero-order valence-corrected chi connectivity index (χ0v) is 46.9. The Kier molecular flexibility index (Phi) is 9.78. The molecule has 1 unspecified atom stereocenters. The van der Waals surface area contributed by atoms with Crippen molar-refractivity contribution in [3.8, 4) is 72.4 Å². The van der Waals surface area contributed by atoms with E-state index in [0.29, 0.717) is 0 Å². The van der Waals surface area contributed by atoms with Crippen molar-refractivity contribution in [2.45, 2.75) is 10.8 Å². The highest BCUT2D eigenvalue weighted by Crippen LogP contribution is 2.66. The number of para-hydroxylation sites is 3. The van der Waals surface area contributed by atoms with Crippen molar-refractivity contribution >= 4 is 49.6 Å². The molecular formula is C84H52N2. The maximum absolute atomic E-state index is 2.56. The minimum atomic E-state index is -0.563. The molecule has 3 aliphatic carbocycles. The van der Waals surface area contributed by atoms with Gasteiger partial charge in [-0.25, -0.2) is 0 Å². The Labute approximate surface area is 499 Å². The Morgan fingerprint density at radius 3 is 1.38 bits per heavy atom. The van der Waals surface area contributed by atoms with Crippen molar-refractivity contribution in [1.82, 2.24) is 4.57 Å². The van der Waals surface area contributed by atoms with E-state index in [2.05, 4.69) is 325 Å². The number of fused-ring (bicyclic) bond motifs is 23. The van der Waals surface area contributed by atoms with Crippen LogP contribution in [0.25, 0.3) is 105 Å². The predicted molar refractivity (Wildman–Crippen MR) is 356 cm³/mol. The third kappa shape index (κ3) is 6.14. The Morgan fingerprint density at radius 1 is 0.244 bits per heavy atom. The highest BCUT2D eigenvalue weighted by molar-refractivity contribution is 6.14. The number of nitrogens with zero attached hydrogens (tertiary/aromatic N) is 2. The van der Waals surface area contributed by atoms with Gasteiger partial charge in [-0.3, -0.25) is 0 Å².